The second-order valence-electron chi connectivity index (χ2n) is 7.10. The number of fused-ring (bicyclic) bond motifs is 1. The minimum Gasteiger partial charge on any atom is -0.454 e. The van der Waals surface area contributed by atoms with Gasteiger partial charge >= 0.3 is 6.61 Å². The van der Waals surface area contributed by atoms with Gasteiger partial charge in [-0.05, 0) is 53.3 Å². The molecule has 7 nitrogen and oxygen atoms in total. The minimum absolute atomic E-state index is 0.0422. The Morgan fingerprint density at radius 1 is 1.21 bits per heavy atom. The van der Waals surface area contributed by atoms with Gasteiger partial charge in [0.25, 0.3) is 0 Å². The third-order valence-electron chi connectivity index (χ3n) is 4.64. The predicted octanol–water partition coefficient (Wildman–Crippen LogP) is 3.19. The lowest BCUT2D eigenvalue weighted by atomic mass is 10.1. The first-order valence-electron chi connectivity index (χ1n) is 10.0. The fourth-order valence-corrected chi connectivity index (χ4v) is 2.75. The molecular formula is C20H32F2N4O3. The number of aliphatic imine (C=N–C) groups is 1. The molecule has 0 radical (unpaired) electrons. The van der Waals surface area contributed by atoms with Crippen molar-refractivity contribution in [1.82, 2.24) is 15.5 Å². The molecule has 1 aromatic carbocycles. The molecular weight excluding hydrogens is 382 g/mol. The van der Waals surface area contributed by atoms with Gasteiger partial charge in [0.2, 0.25) is 6.79 Å². The van der Waals surface area contributed by atoms with Gasteiger partial charge in [0.1, 0.15) is 5.75 Å². The number of benzene rings is 1. The molecule has 0 saturated heterocycles. The highest BCUT2D eigenvalue weighted by molar-refractivity contribution is 5.79. The Kier molecular flexibility index (Phi) is 9.24. The van der Waals surface area contributed by atoms with Crippen molar-refractivity contribution in [3.05, 3.63) is 17.7 Å². The van der Waals surface area contributed by atoms with Gasteiger partial charge in [0.05, 0.1) is 6.54 Å². The molecule has 1 aliphatic rings. The molecule has 0 aliphatic carbocycles. The zero-order valence-electron chi connectivity index (χ0n) is 17.6. The average Bonchev–Trinajstić information content (AvgIpc) is 3.11. The molecule has 0 unspecified atom stereocenters. The number of nitrogens with one attached hydrogen (secondary N) is 2. The van der Waals surface area contributed by atoms with Crippen LogP contribution in [0.3, 0.4) is 0 Å². The van der Waals surface area contributed by atoms with Crippen LogP contribution < -0.4 is 24.8 Å². The van der Waals surface area contributed by atoms with Crippen LogP contribution in [0.2, 0.25) is 0 Å². The van der Waals surface area contributed by atoms with Gasteiger partial charge in [0.15, 0.2) is 17.5 Å². The molecule has 164 valence electrons. The van der Waals surface area contributed by atoms with Crippen molar-refractivity contribution in [3.63, 3.8) is 0 Å². The highest BCUT2D eigenvalue weighted by Gasteiger charge is 2.20. The number of alkyl halides is 2. The van der Waals surface area contributed by atoms with Crippen molar-refractivity contribution in [2.45, 2.75) is 52.8 Å². The Balaban J connectivity index is 1.95. The number of ether oxygens (including phenoxy) is 3. The quantitative estimate of drug-likeness (QED) is 0.329. The van der Waals surface area contributed by atoms with E-state index in [0.717, 1.165) is 25.9 Å². The van der Waals surface area contributed by atoms with Gasteiger partial charge in [-0.3, -0.25) is 0 Å². The zero-order chi connectivity index (χ0) is 21.2. The SMILES string of the molecule is CCNC(=NCc1cc2c(cc1OC(F)F)OCO2)NCCCCN(C)C(C)C. The second-order valence-corrected chi connectivity index (χ2v) is 7.10. The summed E-state index contributed by atoms with van der Waals surface area (Å²) in [6.45, 7) is 6.15. The van der Waals surface area contributed by atoms with E-state index in [1.165, 1.54) is 6.07 Å². The van der Waals surface area contributed by atoms with Gasteiger partial charge in [-0.1, -0.05) is 0 Å². The number of unbranched alkanes of at least 4 members (excludes halogenated alkanes) is 1. The van der Waals surface area contributed by atoms with E-state index in [1.807, 2.05) is 6.92 Å². The summed E-state index contributed by atoms with van der Waals surface area (Å²) in [6, 6.07) is 3.59. The van der Waals surface area contributed by atoms with E-state index in [0.29, 0.717) is 35.6 Å². The van der Waals surface area contributed by atoms with E-state index in [-0.39, 0.29) is 19.1 Å². The van der Waals surface area contributed by atoms with Crippen LogP contribution >= 0.6 is 0 Å². The fourth-order valence-electron chi connectivity index (χ4n) is 2.75. The van der Waals surface area contributed by atoms with Crippen molar-refractivity contribution < 1.29 is 23.0 Å². The highest BCUT2D eigenvalue weighted by Crippen LogP contribution is 2.39. The number of nitrogens with zero attached hydrogens (tertiary/aromatic N) is 2. The van der Waals surface area contributed by atoms with Gasteiger partial charge in [-0.25, -0.2) is 4.99 Å². The summed E-state index contributed by atoms with van der Waals surface area (Å²) in [5.41, 5.74) is 0.505. The van der Waals surface area contributed by atoms with E-state index in [9.17, 15) is 8.78 Å². The molecule has 2 N–H and O–H groups in total. The smallest absolute Gasteiger partial charge is 0.387 e. The van der Waals surface area contributed by atoms with Crippen molar-refractivity contribution in [2.24, 2.45) is 4.99 Å². The molecule has 1 heterocycles. The maximum absolute atomic E-state index is 12.8. The summed E-state index contributed by atoms with van der Waals surface area (Å²) in [7, 11) is 2.12. The maximum Gasteiger partial charge on any atom is 0.387 e. The standard InChI is InChI=1S/C20H32F2N4O3/c1-5-23-20(24-8-6-7-9-26(4)14(2)3)25-12-15-10-17-18(28-13-27-17)11-16(15)29-19(21)22/h10-11,14,19H,5-9,12-13H2,1-4H3,(H2,23,24,25). The van der Waals surface area contributed by atoms with Gasteiger partial charge in [-0.15, -0.1) is 0 Å². The number of guanidine groups is 1. The lowest BCUT2D eigenvalue weighted by Crippen LogP contribution is -2.38. The minimum atomic E-state index is -2.92. The summed E-state index contributed by atoms with van der Waals surface area (Å²) < 4.78 is 40.7. The van der Waals surface area contributed by atoms with E-state index in [2.05, 4.69) is 46.2 Å². The molecule has 0 bridgehead atoms. The molecule has 0 fully saturated rings. The van der Waals surface area contributed by atoms with Gasteiger partial charge < -0.3 is 29.7 Å². The molecule has 1 aliphatic heterocycles. The van der Waals surface area contributed by atoms with Crippen LogP contribution in [0.15, 0.2) is 17.1 Å². The Morgan fingerprint density at radius 3 is 2.59 bits per heavy atom. The maximum atomic E-state index is 12.8. The number of hydrogen-bond acceptors (Lipinski definition) is 5. The van der Waals surface area contributed by atoms with Crippen LogP contribution in [-0.2, 0) is 6.54 Å². The van der Waals surface area contributed by atoms with Crippen LogP contribution in [0, 0.1) is 0 Å². The van der Waals surface area contributed by atoms with Gasteiger partial charge in [0, 0.05) is 30.8 Å². The van der Waals surface area contributed by atoms with Crippen LogP contribution in [-0.4, -0.2) is 57.0 Å². The molecule has 0 amide bonds. The van der Waals surface area contributed by atoms with Crippen molar-refractivity contribution in [1.29, 1.82) is 0 Å². The molecule has 1 aromatic rings. The molecule has 0 spiro atoms. The van der Waals surface area contributed by atoms with Crippen molar-refractivity contribution >= 4 is 5.96 Å². The molecule has 0 aromatic heterocycles. The highest BCUT2D eigenvalue weighted by atomic mass is 19.3. The predicted molar refractivity (Wildman–Crippen MR) is 109 cm³/mol. The number of halogens is 2. The first-order valence-corrected chi connectivity index (χ1v) is 10.0. The lowest BCUT2D eigenvalue weighted by molar-refractivity contribution is -0.0505. The number of rotatable bonds is 11. The monoisotopic (exact) mass is 414 g/mol. The second kappa shape index (κ2) is 11.6. The molecule has 0 atom stereocenters. The van der Waals surface area contributed by atoms with E-state index in [1.54, 1.807) is 6.07 Å². The van der Waals surface area contributed by atoms with E-state index >= 15 is 0 Å². The molecule has 2 rings (SSSR count). The Labute approximate surface area is 171 Å². The topological polar surface area (TPSA) is 67.4 Å². The summed E-state index contributed by atoms with van der Waals surface area (Å²) in [5.74, 6) is 1.57. The normalized spacial score (nSPS) is 13.5. The van der Waals surface area contributed by atoms with Crippen LogP contribution in [0.25, 0.3) is 0 Å². The molecule has 0 saturated carbocycles. The van der Waals surface area contributed by atoms with Crippen LogP contribution in [0.5, 0.6) is 17.2 Å². The summed E-state index contributed by atoms with van der Waals surface area (Å²) in [6.07, 6.45) is 2.08. The fraction of sp³-hybridized carbons (Fsp3) is 0.650. The molecule has 29 heavy (non-hydrogen) atoms. The lowest BCUT2D eigenvalue weighted by Gasteiger charge is -2.20. The van der Waals surface area contributed by atoms with Crippen LogP contribution in [0.4, 0.5) is 8.78 Å². The van der Waals surface area contributed by atoms with E-state index < -0.39 is 6.61 Å². The first kappa shape index (κ1) is 23.0. The zero-order valence-corrected chi connectivity index (χ0v) is 17.6. The van der Waals surface area contributed by atoms with E-state index in [4.69, 9.17) is 9.47 Å². The van der Waals surface area contributed by atoms with Crippen molar-refractivity contribution in [2.75, 3.05) is 33.5 Å². The third kappa shape index (κ3) is 7.56. The van der Waals surface area contributed by atoms with Crippen molar-refractivity contribution in [3.8, 4) is 17.2 Å². The summed E-state index contributed by atoms with van der Waals surface area (Å²) in [5, 5.41) is 6.45. The average molecular weight is 414 g/mol. The van der Waals surface area contributed by atoms with Crippen LogP contribution in [0.1, 0.15) is 39.2 Å². The Hall–Kier alpha value is -2.29. The Morgan fingerprint density at radius 2 is 1.93 bits per heavy atom. The largest absolute Gasteiger partial charge is 0.454 e. The third-order valence-corrected chi connectivity index (χ3v) is 4.64. The Bertz CT molecular complexity index is 671. The van der Waals surface area contributed by atoms with Gasteiger partial charge in [-0.2, -0.15) is 8.78 Å². The first-order chi connectivity index (χ1) is 13.9. The summed E-state index contributed by atoms with van der Waals surface area (Å²) >= 11 is 0. The summed E-state index contributed by atoms with van der Waals surface area (Å²) in [4.78, 5) is 6.81. The molecule has 9 heteroatoms. The number of hydrogen-bond donors (Lipinski definition) is 2.